The van der Waals surface area contributed by atoms with Gasteiger partial charge in [-0.3, -0.25) is 4.79 Å². The minimum absolute atomic E-state index is 0.168. The van der Waals surface area contributed by atoms with Crippen LogP contribution in [-0.4, -0.2) is 48.0 Å². The van der Waals surface area contributed by atoms with E-state index in [-0.39, 0.29) is 18.3 Å². The van der Waals surface area contributed by atoms with Crippen LogP contribution in [0.4, 0.5) is 4.39 Å². The SMILES string of the molecule is CCc1nn(-c2ccc(F)cc2)c(Oc2ccccc2)c1CN(CCOC)C(=O)c1cccc(OC)c1. The first-order valence-corrected chi connectivity index (χ1v) is 12.1. The second-order valence-corrected chi connectivity index (χ2v) is 8.34. The number of rotatable bonds is 11. The number of para-hydroxylation sites is 1. The first-order chi connectivity index (χ1) is 18.0. The Kier molecular flexibility index (Phi) is 8.53. The molecule has 0 atom stereocenters. The Morgan fingerprint density at radius 1 is 0.973 bits per heavy atom. The number of hydrogen-bond acceptors (Lipinski definition) is 5. The molecule has 0 aliphatic rings. The van der Waals surface area contributed by atoms with Gasteiger partial charge >= 0.3 is 0 Å². The molecule has 0 radical (unpaired) electrons. The van der Waals surface area contributed by atoms with Gasteiger partial charge in [0.15, 0.2) is 0 Å². The Labute approximate surface area is 216 Å². The third kappa shape index (κ3) is 6.16. The van der Waals surface area contributed by atoms with Gasteiger partial charge in [-0.05, 0) is 61.0 Å². The fourth-order valence-corrected chi connectivity index (χ4v) is 3.97. The summed E-state index contributed by atoms with van der Waals surface area (Å²) < 4.78 is 32.3. The zero-order valence-electron chi connectivity index (χ0n) is 21.2. The second-order valence-electron chi connectivity index (χ2n) is 8.34. The first kappa shape index (κ1) is 25.9. The number of aromatic nitrogens is 2. The highest BCUT2D eigenvalue weighted by atomic mass is 19.1. The van der Waals surface area contributed by atoms with Gasteiger partial charge in [0, 0.05) is 19.2 Å². The maximum atomic E-state index is 13.7. The van der Waals surface area contributed by atoms with Gasteiger partial charge in [-0.25, -0.2) is 9.07 Å². The average Bonchev–Trinajstić information content (AvgIpc) is 3.28. The molecule has 0 aliphatic carbocycles. The fraction of sp³-hybridized carbons (Fsp3) is 0.241. The highest BCUT2D eigenvalue weighted by Crippen LogP contribution is 2.32. The molecule has 192 valence electrons. The molecule has 0 bridgehead atoms. The molecule has 0 saturated carbocycles. The predicted molar refractivity (Wildman–Crippen MR) is 139 cm³/mol. The lowest BCUT2D eigenvalue weighted by Crippen LogP contribution is -2.33. The van der Waals surface area contributed by atoms with Gasteiger partial charge in [0.25, 0.3) is 5.91 Å². The largest absolute Gasteiger partial charge is 0.497 e. The minimum atomic E-state index is -0.341. The summed E-state index contributed by atoms with van der Waals surface area (Å²) in [5.74, 6) is 1.18. The first-order valence-electron chi connectivity index (χ1n) is 12.1. The molecule has 0 fully saturated rings. The van der Waals surface area contributed by atoms with Crippen molar-refractivity contribution < 1.29 is 23.4 Å². The lowest BCUT2D eigenvalue weighted by atomic mass is 10.1. The van der Waals surface area contributed by atoms with Crippen LogP contribution in [0.2, 0.25) is 0 Å². The molecular weight excluding hydrogens is 473 g/mol. The number of hydrogen-bond donors (Lipinski definition) is 0. The van der Waals surface area contributed by atoms with E-state index in [0.717, 1.165) is 11.3 Å². The van der Waals surface area contributed by atoms with Gasteiger partial charge in [-0.1, -0.05) is 31.2 Å². The molecule has 7 nitrogen and oxygen atoms in total. The Morgan fingerprint density at radius 2 is 1.70 bits per heavy atom. The molecule has 1 amide bonds. The van der Waals surface area contributed by atoms with Crippen LogP contribution in [0.3, 0.4) is 0 Å². The van der Waals surface area contributed by atoms with Gasteiger partial charge < -0.3 is 19.1 Å². The topological polar surface area (TPSA) is 65.8 Å². The third-order valence-electron chi connectivity index (χ3n) is 5.90. The minimum Gasteiger partial charge on any atom is -0.497 e. The van der Waals surface area contributed by atoms with Crippen molar-refractivity contribution in [3.63, 3.8) is 0 Å². The van der Waals surface area contributed by atoms with E-state index < -0.39 is 0 Å². The summed E-state index contributed by atoms with van der Waals surface area (Å²) in [4.78, 5) is 15.3. The molecule has 0 aliphatic heterocycles. The van der Waals surface area contributed by atoms with E-state index in [0.29, 0.717) is 48.2 Å². The maximum absolute atomic E-state index is 13.7. The van der Waals surface area contributed by atoms with Crippen LogP contribution in [0, 0.1) is 5.82 Å². The summed E-state index contributed by atoms with van der Waals surface area (Å²) in [5.41, 5.74) is 2.69. The maximum Gasteiger partial charge on any atom is 0.254 e. The molecule has 3 aromatic carbocycles. The van der Waals surface area contributed by atoms with Crippen molar-refractivity contribution in [2.45, 2.75) is 19.9 Å². The summed E-state index contributed by atoms with van der Waals surface area (Å²) in [6.07, 6.45) is 0.611. The van der Waals surface area contributed by atoms with Crippen molar-refractivity contribution in [1.29, 1.82) is 0 Å². The van der Waals surface area contributed by atoms with Gasteiger partial charge in [-0.2, -0.15) is 5.10 Å². The lowest BCUT2D eigenvalue weighted by Gasteiger charge is -2.23. The number of ether oxygens (including phenoxy) is 3. The summed E-state index contributed by atoms with van der Waals surface area (Å²) in [6.45, 7) is 2.96. The number of benzene rings is 3. The molecule has 0 saturated heterocycles. The standard InChI is InChI=1S/C29H30FN3O4/c1-4-27-26(20-32(17-18-35-2)28(34)21-9-8-12-25(19-21)36-3)29(37-24-10-6-5-7-11-24)33(31-27)23-15-13-22(30)14-16-23/h5-16,19H,4,17-18,20H2,1-3H3. The molecule has 1 heterocycles. The number of amides is 1. The van der Waals surface area contributed by atoms with Crippen LogP contribution in [-0.2, 0) is 17.7 Å². The second kappa shape index (κ2) is 12.2. The smallest absolute Gasteiger partial charge is 0.254 e. The van der Waals surface area contributed by atoms with Crippen molar-refractivity contribution >= 4 is 5.91 Å². The molecule has 37 heavy (non-hydrogen) atoms. The van der Waals surface area contributed by atoms with Crippen molar-refractivity contribution in [3.8, 4) is 23.1 Å². The summed E-state index contributed by atoms with van der Waals surface area (Å²) in [5, 5.41) is 4.80. The van der Waals surface area contributed by atoms with Crippen molar-refractivity contribution in [2.75, 3.05) is 27.4 Å². The van der Waals surface area contributed by atoms with Gasteiger partial charge in [0.1, 0.15) is 17.3 Å². The third-order valence-corrected chi connectivity index (χ3v) is 5.90. The quantitative estimate of drug-likeness (QED) is 0.264. The van der Waals surface area contributed by atoms with E-state index in [1.807, 2.05) is 37.3 Å². The number of carbonyl (C=O) groups is 1. The molecule has 0 unspecified atom stereocenters. The van der Waals surface area contributed by atoms with Crippen LogP contribution in [0.5, 0.6) is 17.4 Å². The zero-order chi connectivity index (χ0) is 26.2. The highest BCUT2D eigenvalue weighted by Gasteiger charge is 2.25. The molecule has 0 spiro atoms. The van der Waals surface area contributed by atoms with Gasteiger partial charge in [0.2, 0.25) is 5.88 Å². The Balaban J connectivity index is 1.78. The Hall–Kier alpha value is -4.17. The van der Waals surface area contributed by atoms with Crippen LogP contribution in [0.15, 0.2) is 78.9 Å². The van der Waals surface area contributed by atoms with E-state index in [1.54, 1.807) is 60.2 Å². The lowest BCUT2D eigenvalue weighted by molar-refractivity contribution is 0.0678. The molecule has 8 heteroatoms. The number of aryl methyl sites for hydroxylation is 1. The van der Waals surface area contributed by atoms with Crippen LogP contribution >= 0.6 is 0 Å². The van der Waals surface area contributed by atoms with Crippen LogP contribution in [0.25, 0.3) is 5.69 Å². The van der Waals surface area contributed by atoms with E-state index in [2.05, 4.69) is 0 Å². The van der Waals surface area contributed by atoms with Gasteiger partial charge in [0.05, 0.1) is 37.2 Å². The molecule has 0 N–H and O–H groups in total. The van der Waals surface area contributed by atoms with E-state index >= 15 is 0 Å². The number of halogens is 1. The fourth-order valence-electron chi connectivity index (χ4n) is 3.97. The Bertz CT molecular complexity index is 1320. The van der Waals surface area contributed by atoms with Crippen molar-refractivity contribution in [1.82, 2.24) is 14.7 Å². The summed E-state index contributed by atoms with van der Waals surface area (Å²) >= 11 is 0. The Morgan fingerprint density at radius 3 is 2.38 bits per heavy atom. The van der Waals surface area contributed by atoms with Crippen molar-refractivity contribution in [2.24, 2.45) is 0 Å². The molecule has 4 aromatic rings. The number of methoxy groups -OCH3 is 2. The molecule has 1 aromatic heterocycles. The molecule has 4 rings (SSSR count). The van der Waals surface area contributed by atoms with E-state index in [9.17, 15) is 9.18 Å². The summed E-state index contributed by atoms with van der Waals surface area (Å²) in [6, 6.07) is 22.5. The van der Waals surface area contributed by atoms with Crippen LogP contribution < -0.4 is 9.47 Å². The van der Waals surface area contributed by atoms with Crippen LogP contribution in [0.1, 0.15) is 28.5 Å². The highest BCUT2D eigenvalue weighted by molar-refractivity contribution is 5.94. The van der Waals surface area contributed by atoms with E-state index in [4.69, 9.17) is 19.3 Å². The monoisotopic (exact) mass is 503 g/mol. The van der Waals surface area contributed by atoms with Crippen molar-refractivity contribution in [3.05, 3.63) is 102 Å². The van der Waals surface area contributed by atoms with E-state index in [1.165, 1.54) is 12.1 Å². The number of nitrogens with zero attached hydrogens (tertiary/aromatic N) is 3. The average molecular weight is 504 g/mol. The number of carbonyl (C=O) groups excluding carboxylic acids is 1. The summed E-state index contributed by atoms with van der Waals surface area (Å²) in [7, 11) is 3.17. The van der Waals surface area contributed by atoms with Gasteiger partial charge in [-0.15, -0.1) is 0 Å². The predicted octanol–water partition coefficient (Wildman–Crippen LogP) is 5.66. The normalized spacial score (nSPS) is 10.8. The zero-order valence-corrected chi connectivity index (χ0v) is 21.2. The molecular formula is C29H30FN3O4.